The number of hydrogen-bond donors (Lipinski definition) is 0. The molecule has 0 unspecified atom stereocenters. The fraction of sp³-hybridized carbons (Fsp3) is 0.143. The van der Waals surface area contributed by atoms with Crippen molar-refractivity contribution in [2.45, 2.75) is 50.9 Å². The molecule has 1 fully saturated rings. The van der Waals surface area contributed by atoms with E-state index in [4.69, 9.17) is 9.47 Å². The third-order valence-corrected chi connectivity index (χ3v) is 12.0. The molecule has 1 aliphatic rings. The first kappa shape index (κ1) is 41.3. The Labute approximate surface area is 365 Å². The first-order valence-corrected chi connectivity index (χ1v) is 21.1. The highest BCUT2D eigenvalue weighted by atomic mass is 16.5. The number of esters is 2. The molecule has 7 aromatic carbocycles. The summed E-state index contributed by atoms with van der Waals surface area (Å²) in [6.45, 7) is 11.2. The Hall–Kier alpha value is -7.44. The first-order chi connectivity index (χ1) is 30.2. The highest BCUT2D eigenvalue weighted by molar-refractivity contribution is 5.84. The number of ether oxygens (including phenoxy) is 2. The molecule has 0 amide bonds. The summed E-state index contributed by atoms with van der Waals surface area (Å²) < 4.78 is 10.8. The van der Waals surface area contributed by atoms with Gasteiger partial charge in [-0.15, -0.1) is 0 Å². The molecule has 0 heterocycles. The van der Waals surface area contributed by atoms with Gasteiger partial charge in [-0.2, -0.15) is 0 Å². The van der Waals surface area contributed by atoms with Gasteiger partial charge in [-0.05, 0) is 159 Å². The molecule has 0 saturated heterocycles. The van der Waals surface area contributed by atoms with Crippen molar-refractivity contribution in [3.05, 3.63) is 229 Å². The summed E-state index contributed by atoms with van der Waals surface area (Å²) in [4.78, 5) is 28.3. The number of aryl methyl sites for hydroxylation is 2. The van der Waals surface area contributed by atoms with Gasteiger partial charge in [-0.25, -0.2) is 9.59 Å². The third-order valence-electron chi connectivity index (χ3n) is 12.0. The maximum atomic E-state index is 11.9. The molecular formula is C56H50N2O4. The number of hydrogen-bond acceptors (Lipinski definition) is 6. The summed E-state index contributed by atoms with van der Waals surface area (Å²) in [6.07, 6.45) is 6.48. The van der Waals surface area contributed by atoms with Gasteiger partial charge in [0.1, 0.15) is 11.5 Å². The lowest BCUT2D eigenvalue weighted by Crippen LogP contribution is -2.32. The van der Waals surface area contributed by atoms with E-state index in [0.717, 1.165) is 72.0 Å². The molecule has 1 saturated carbocycles. The van der Waals surface area contributed by atoms with Gasteiger partial charge in [0.2, 0.25) is 0 Å². The second-order valence-corrected chi connectivity index (χ2v) is 15.9. The Morgan fingerprint density at radius 3 is 1.15 bits per heavy atom. The summed E-state index contributed by atoms with van der Waals surface area (Å²) in [5, 5.41) is 0. The van der Waals surface area contributed by atoms with Crippen LogP contribution in [0.5, 0.6) is 11.5 Å². The van der Waals surface area contributed by atoms with E-state index in [0.29, 0.717) is 17.4 Å². The SMILES string of the molecule is C=CC(=O)Oc1ccc(N(c2ccc(C)cc2)c2ccc(C3(c4ccc(N(c5ccc(C)cc5)c5ccc(OC(=O)C=C)cc5)cc4)CCC(c4ccccc4)CC3)cc2)cc1. The maximum absolute atomic E-state index is 11.9. The normalized spacial score (nSPS) is 13.4. The van der Waals surface area contributed by atoms with Crippen molar-refractivity contribution in [2.75, 3.05) is 9.80 Å². The number of carbonyl (C=O) groups is 2. The average molecular weight is 815 g/mol. The predicted molar refractivity (Wildman–Crippen MR) is 252 cm³/mol. The zero-order chi connectivity index (χ0) is 43.1. The molecule has 0 atom stereocenters. The van der Waals surface area contributed by atoms with Crippen LogP contribution >= 0.6 is 0 Å². The van der Waals surface area contributed by atoms with Crippen molar-refractivity contribution < 1.29 is 19.1 Å². The van der Waals surface area contributed by atoms with Crippen LogP contribution < -0.4 is 19.3 Å². The fourth-order valence-corrected chi connectivity index (χ4v) is 8.70. The molecule has 6 nitrogen and oxygen atoms in total. The summed E-state index contributed by atoms with van der Waals surface area (Å²) in [6, 6.07) is 61.3. The van der Waals surface area contributed by atoms with Crippen LogP contribution in [0, 0.1) is 13.8 Å². The molecule has 0 aliphatic heterocycles. The Morgan fingerprint density at radius 2 is 0.806 bits per heavy atom. The van der Waals surface area contributed by atoms with Gasteiger partial charge in [0.05, 0.1) is 0 Å². The van der Waals surface area contributed by atoms with Crippen molar-refractivity contribution in [3.63, 3.8) is 0 Å². The minimum absolute atomic E-state index is 0.209. The van der Waals surface area contributed by atoms with Crippen LogP contribution in [-0.2, 0) is 15.0 Å². The molecule has 62 heavy (non-hydrogen) atoms. The second-order valence-electron chi connectivity index (χ2n) is 15.9. The summed E-state index contributed by atoms with van der Waals surface area (Å²) in [7, 11) is 0. The molecule has 1 aliphatic carbocycles. The molecule has 0 radical (unpaired) electrons. The molecule has 0 spiro atoms. The zero-order valence-electron chi connectivity index (χ0n) is 35.2. The Balaban J connectivity index is 1.16. The van der Waals surface area contributed by atoms with Gasteiger partial charge in [0.15, 0.2) is 0 Å². The monoisotopic (exact) mass is 814 g/mol. The van der Waals surface area contributed by atoms with Gasteiger partial charge < -0.3 is 19.3 Å². The van der Waals surface area contributed by atoms with Crippen molar-refractivity contribution in [1.29, 1.82) is 0 Å². The highest BCUT2D eigenvalue weighted by Gasteiger charge is 2.39. The quantitative estimate of drug-likeness (QED) is 0.0656. The minimum atomic E-state index is -0.492. The molecule has 8 rings (SSSR count). The lowest BCUT2D eigenvalue weighted by Gasteiger charge is -2.42. The molecule has 308 valence electrons. The highest BCUT2D eigenvalue weighted by Crippen LogP contribution is 2.50. The van der Waals surface area contributed by atoms with E-state index in [2.05, 4.69) is 164 Å². The van der Waals surface area contributed by atoms with Crippen LogP contribution in [-0.4, -0.2) is 11.9 Å². The minimum Gasteiger partial charge on any atom is -0.423 e. The van der Waals surface area contributed by atoms with Gasteiger partial charge >= 0.3 is 11.9 Å². The van der Waals surface area contributed by atoms with Crippen LogP contribution in [0.2, 0.25) is 0 Å². The van der Waals surface area contributed by atoms with Crippen LogP contribution in [0.3, 0.4) is 0 Å². The molecule has 0 bridgehead atoms. The second kappa shape index (κ2) is 18.4. The van der Waals surface area contributed by atoms with Crippen molar-refractivity contribution in [3.8, 4) is 11.5 Å². The fourth-order valence-electron chi connectivity index (χ4n) is 8.70. The lowest BCUT2D eigenvalue weighted by molar-refractivity contribution is -0.129. The van der Waals surface area contributed by atoms with Crippen LogP contribution in [0.15, 0.2) is 201 Å². The van der Waals surface area contributed by atoms with E-state index in [1.54, 1.807) is 0 Å². The van der Waals surface area contributed by atoms with Gasteiger partial charge in [-0.3, -0.25) is 0 Å². The van der Waals surface area contributed by atoms with E-state index >= 15 is 0 Å². The average Bonchev–Trinajstić information content (AvgIpc) is 3.32. The van der Waals surface area contributed by atoms with E-state index in [1.807, 2.05) is 48.5 Å². The standard InChI is InChI=1S/C56H50N2O4/c1-5-54(59)61-52-32-28-50(29-33-52)57(46-20-12-40(3)13-21-46)48-24-16-44(17-25-48)56(38-36-43(37-39-56)42-10-8-7-9-11-42)45-18-26-49(27-19-45)58(47-22-14-41(4)15-23-47)51-30-34-53(35-31-51)62-55(60)6-2/h5-35,43H,1-2,36-39H2,3-4H3. The lowest BCUT2D eigenvalue weighted by atomic mass is 9.62. The smallest absolute Gasteiger partial charge is 0.335 e. The summed E-state index contributed by atoms with van der Waals surface area (Å²) in [5.74, 6) is 0.438. The van der Waals surface area contributed by atoms with E-state index in [9.17, 15) is 9.59 Å². The molecular weight excluding hydrogens is 765 g/mol. The number of rotatable bonds is 13. The zero-order valence-corrected chi connectivity index (χ0v) is 35.2. The third kappa shape index (κ3) is 9.01. The topological polar surface area (TPSA) is 59.1 Å². The van der Waals surface area contributed by atoms with Crippen LogP contribution in [0.1, 0.15) is 59.4 Å². The van der Waals surface area contributed by atoms with Crippen LogP contribution in [0.4, 0.5) is 34.1 Å². The number of benzene rings is 7. The largest absolute Gasteiger partial charge is 0.423 e. The number of nitrogens with zero attached hydrogens (tertiary/aromatic N) is 2. The van der Waals surface area contributed by atoms with Crippen molar-refractivity contribution in [2.24, 2.45) is 0 Å². The van der Waals surface area contributed by atoms with Gasteiger partial charge in [-0.1, -0.05) is 103 Å². The molecule has 7 aromatic rings. The summed E-state index contributed by atoms with van der Waals surface area (Å²) >= 11 is 0. The van der Waals surface area contributed by atoms with Crippen molar-refractivity contribution >= 4 is 46.1 Å². The number of carbonyl (C=O) groups excluding carboxylic acids is 2. The Bertz CT molecular complexity index is 2470. The number of anilines is 6. The Kier molecular flexibility index (Phi) is 12.3. The van der Waals surface area contributed by atoms with E-state index < -0.39 is 11.9 Å². The Morgan fingerprint density at radius 1 is 0.484 bits per heavy atom. The van der Waals surface area contributed by atoms with Crippen LogP contribution in [0.25, 0.3) is 0 Å². The molecule has 0 aromatic heterocycles. The predicted octanol–water partition coefficient (Wildman–Crippen LogP) is 14.1. The first-order valence-electron chi connectivity index (χ1n) is 21.1. The molecule has 0 N–H and O–H groups in total. The van der Waals surface area contributed by atoms with E-state index in [-0.39, 0.29) is 5.41 Å². The van der Waals surface area contributed by atoms with Gasteiger partial charge in [0.25, 0.3) is 0 Å². The molecule has 6 heteroatoms. The summed E-state index contributed by atoms with van der Waals surface area (Å²) in [5.41, 5.74) is 12.1. The van der Waals surface area contributed by atoms with E-state index in [1.165, 1.54) is 27.8 Å². The van der Waals surface area contributed by atoms with Crippen molar-refractivity contribution in [1.82, 2.24) is 0 Å². The maximum Gasteiger partial charge on any atom is 0.335 e. The van der Waals surface area contributed by atoms with Gasteiger partial charge in [0, 0.05) is 51.7 Å².